The third-order valence-corrected chi connectivity index (χ3v) is 5.49. The summed E-state index contributed by atoms with van der Waals surface area (Å²) in [5, 5.41) is 14.8. The van der Waals surface area contributed by atoms with Crippen LogP contribution in [-0.4, -0.2) is 38.6 Å². The summed E-state index contributed by atoms with van der Waals surface area (Å²) in [4.78, 5) is 26.6. The van der Waals surface area contributed by atoms with Gasteiger partial charge in [0.1, 0.15) is 0 Å². The van der Waals surface area contributed by atoms with Crippen molar-refractivity contribution < 1.29 is 9.59 Å². The normalized spacial score (nSPS) is 20.4. The molecule has 0 radical (unpaired) electrons. The number of rotatable bonds is 5. The van der Waals surface area contributed by atoms with Crippen molar-refractivity contribution in [3.63, 3.8) is 0 Å². The largest absolute Gasteiger partial charge is 0.348 e. The molecule has 1 unspecified atom stereocenters. The molecule has 1 N–H and O–H groups in total. The maximum absolute atomic E-state index is 12.6. The number of aryl methyl sites for hydroxylation is 1. The van der Waals surface area contributed by atoms with Crippen molar-refractivity contribution in [2.45, 2.75) is 51.6 Å². The molecule has 8 nitrogen and oxygen atoms in total. The fourth-order valence-corrected chi connectivity index (χ4v) is 3.93. The van der Waals surface area contributed by atoms with Crippen molar-refractivity contribution in [2.75, 3.05) is 11.4 Å². The molecule has 1 aliphatic heterocycles. The maximum Gasteiger partial charge on any atom is 0.227 e. The Kier molecular flexibility index (Phi) is 4.87. The van der Waals surface area contributed by atoms with Crippen LogP contribution in [0, 0.1) is 12.8 Å². The Hall–Kier alpha value is -2.77. The first-order valence-corrected chi connectivity index (χ1v) is 9.53. The average molecular weight is 368 g/mol. The van der Waals surface area contributed by atoms with E-state index in [9.17, 15) is 9.59 Å². The lowest BCUT2D eigenvalue weighted by molar-refractivity contribution is -0.126. The summed E-state index contributed by atoms with van der Waals surface area (Å²) in [5.74, 6) is 0.179. The molecule has 0 spiro atoms. The monoisotopic (exact) mass is 368 g/mol. The summed E-state index contributed by atoms with van der Waals surface area (Å²) in [6.07, 6.45) is 4.77. The minimum Gasteiger partial charge on any atom is -0.348 e. The smallest absolute Gasteiger partial charge is 0.227 e. The number of hydrogen-bond acceptors (Lipinski definition) is 5. The highest BCUT2D eigenvalue weighted by atomic mass is 16.2. The van der Waals surface area contributed by atoms with Crippen LogP contribution in [0.15, 0.2) is 24.3 Å². The van der Waals surface area contributed by atoms with Crippen LogP contribution in [-0.2, 0) is 16.1 Å². The lowest BCUT2D eigenvalue weighted by Crippen LogP contribution is -2.33. The van der Waals surface area contributed by atoms with E-state index in [4.69, 9.17) is 0 Å². The van der Waals surface area contributed by atoms with Crippen molar-refractivity contribution in [3.05, 3.63) is 35.7 Å². The first kappa shape index (κ1) is 17.6. The van der Waals surface area contributed by atoms with E-state index in [1.54, 1.807) is 4.90 Å². The molecule has 2 fully saturated rings. The van der Waals surface area contributed by atoms with Crippen LogP contribution < -0.4 is 10.2 Å². The molecule has 8 heteroatoms. The second-order valence-corrected chi connectivity index (χ2v) is 7.44. The summed E-state index contributed by atoms with van der Waals surface area (Å²) >= 11 is 0. The van der Waals surface area contributed by atoms with E-state index >= 15 is 0 Å². The second kappa shape index (κ2) is 7.46. The van der Waals surface area contributed by atoms with E-state index < -0.39 is 0 Å². The predicted octanol–water partition coefficient (Wildman–Crippen LogP) is 1.77. The molecule has 2 amide bonds. The van der Waals surface area contributed by atoms with Crippen LogP contribution in [0.2, 0.25) is 0 Å². The van der Waals surface area contributed by atoms with Crippen LogP contribution in [0.3, 0.4) is 0 Å². The number of benzene rings is 1. The summed E-state index contributed by atoms with van der Waals surface area (Å²) in [5.41, 5.74) is 1.98. The molecule has 27 heavy (non-hydrogen) atoms. The average Bonchev–Trinajstić information content (AvgIpc) is 3.40. The van der Waals surface area contributed by atoms with Gasteiger partial charge in [-0.3, -0.25) is 9.59 Å². The van der Waals surface area contributed by atoms with Crippen molar-refractivity contribution in [2.24, 2.45) is 5.92 Å². The number of hydrogen-bond donors (Lipinski definition) is 1. The van der Waals surface area contributed by atoms with E-state index in [2.05, 4.69) is 20.8 Å². The topological polar surface area (TPSA) is 93.0 Å². The molecule has 142 valence electrons. The number of carbonyl (C=O) groups is 2. The number of nitrogens with zero attached hydrogens (tertiary/aromatic N) is 5. The molecule has 4 rings (SSSR count). The number of carbonyl (C=O) groups excluding carboxylic acids is 2. The summed E-state index contributed by atoms with van der Waals surface area (Å²) in [6.45, 7) is 2.70. The van der Waals surface area contributed by atoms with Crippen molar-refractivity contribution in [1.82, 2.24) is 25.5 Å². The van der Waals surface area contributed by atoms with Gasteiger partial charge in [-0.05, 0) is 42.3 Å². The third kappa shape index (κ3) is 3.70. The molecule has 1 aliphatic carbocycles. The van der Waals surface area contributed by atoms with E-state index in [0.717, 1.165) is 24.1 Å². The van der Waals surface area contributed by atoms with E-state index in [0.29, 0.717) is 18.4 Å². The highest BCUT2D eigenvalue weighted by molar-refractivity contribution is 6.00. The fraction of sp³-hybridized carbons (Fsp3) is 0.526. The van der Waals surface area contributed by atoms with Crippen LogP contribution >= 0.6 is 0 Å². The van der Waals surface area contributed by atoms with Gasteiger partial charge in [0.2, 0.25) is 11.8 Å². The molecular formula is C19H24N6O2. The van der Waals surface area contributed by atoms with Gasteiger partial charge in [-0.15, -0.1) is 5.10 Å². The zero-order valence-electron chi connectivity index (χ0n) is 15.5. The SMILES string of the molecule is Cc1ccc(N2CC(C(=O)NCc3nnnn3C3CCCC3)CC2=O)cc1. The number of anilines is 1. The molecule has 1 atom stereocenters. The van der Waals surface area contributed by atoms with Gasteiger partial charge in [0.05, 0.1) is 18.5 Å². The van der Waals surface area contributed by atoms with Crippen molar-refractivity contribution in [1.29, 1.82) is 0 Å². The highest BCUT2D eigenvalue weighted by Gasteiger charge is 2.35. The van der Waals surface area contributed by atoms with Gasteiger partial charge in [-0.2, -0.15) is 0 Å². The highest BCUT2D eigenvalue weighted by Crippen LogP contribution is 2.29. The second-order valence-electron chi connectivity index (χ2n) is 7.44. The first-order chi connectivity index (χ1) is 13.1. The van der Waals surface area contributed by atoms with Crippen LogP contribution in [0.1, 0.15) is 49.5 Å². The Bertz CT molecular complexity index is 825. The number of tetrazole rings is 1. The standard InChI is InChI=1S/C19H24N6O2/c1-13-6-8-15(9-7-13)24-12-14(10-18(24)26)19(27)20-11-17-21-22-23-25(17)16-4-2-3-5-16/h6-9,14,16H,2-5,10-12H2,1H3,(H,20,27). The van der Waals surface area contributed by atoms with Crippen LogP contribution in [0.5, 0.6) is 0 Å². The Labute approximate surface area is 157 Å². The Morgan fingerprint density at radius 3 is 2.70 bits per heavy atom. The van der Waals surface area contributed by atoms with E-state index in [-0.39, 0.29) is 30.7 Å². The number of nitrogens with one attached hydrogen (secondary N) is 1. The van der Waals surface area contributed by atoms with Gasteiger partial charge in [0, 0.05) is 18.7 Å². The lowest BCUT2D eigenvalue weighted by Gasteiger charge is -2.17. The zero-order chi connectivity index (χ0) is 18.8. The molecule has 2 aromatic rings. The van der Waals surface area contributed by atoms with Gasteiger partial charge in [0.25, 0.3) is 0 Å². The Balaban J connectivity index is 1.36. The van der Waals surface area contributed by atoms with Crippen molar-refractivity contribution in [3.8, 4) is 0 Å². The predicted molar refractivity (Wildman–Crippen MR) is 98.8 cm³/mol. The molecule has 2 aliphatic rings. The van der Waals surface area contributed by atoms with Gasteiger partial charge in [0.15, 0.2) is 5.82 Å². The molecule has 1 aromatic heterocycles. The van der Waals surface area contributed by atoms with Gasteiger partial charge < -0.3 is 10.2 Å². The number of amides is 2. The van der Waals surface area contributed by atoms with Crippen LogP contribution in [0.25, 0.3) is 0 Å². The minimum atomic E-state index is -0.352. The summed E-state index contributed by atoms with van der Waals surface area (Å²) in [6, 6.07) is 8.11. The van der Waals surface area contributed by atoms with E-state index in [1.165, 1.54) is 12.8 Å². The third-order valence-electron chi connectivity index (χ3n) is 5.49. The fourth-order valence-electron chi connectivity index (χ4n) is 3.93. The summed E-state index contributed by atoms with van der Waals surface area (Å²) in [7, 11) is 0. The molecule has 1 aromatic carbocycles. The lowest BCUT2D eigenvalue weighted by atomic mass is 10.1. The van der Waals surface area contributed by atoms with Crippen molar-refractivity contribution >= 4 is 17.5 Å². The molecule has 1 saturated carbocycles. The number of aromatic nitrogens is 4. The summed E-state index contributed by atoms with van der Waals surface area (Å²) < 4.78 is 1.84. The molecular weight excluding hydrogens is 344 g/mol. The van der Waals surface area contributed by atoms with Gasteiger partial charge in [-0.25, -0.2) is 4.68 Å². The maximum atomic E-state index is 12.6. The quantitative estimate of drug-likeness (QED) is 0.868. The Morgan fingerprint density at radius 1 is 1.22 bits per heavy atom. The molecule has 0 bridgehead atoms. The van der Waals surface area contributed by atoms with Gasteiger partial charge in [-0.1, -0.05) is 30.5 Å². The minimum absolute atomic E-state index is 0.0187. The van der Waals surface area contributed by atoms with Gasteiger partial charge >= 0.3 is 0 Å². The first-order valence-electron chi connectivity index (χ1n) is 9.53. The molecule has 2 heterocycles. The Morgan fingerprint density at radius 2 is 1.96 bits per heavy atom. The van der Waals surface area contributed by atoms with E-state index in [1.807, 2.05) is 35.9 Å². The van der Waals surface area contributed by atoms with Crippen LogP contribution in [0.4, 0.5) is 5.69 Å². The zero-order valence-corrected chi connectivity index (χ0v) is 15.5. The molecule has 1 saturated heterocycles.